The Morgan fingerprint density at radius 3 is 2.18 bits per heavy atom. The van der Waals surface area contributed by atoms with Gasteiger partial charge in [-0.2, -0.15) is 13.2 Å². The summed E-state index contributed by atoms with van der Waals surface area (Å²) in [7, 11) is 0. The second-order valence-electron chi connectivity index (χ2n) is 11.4. The second-order valence-corrected chi connectivity index (χ2v) is 13.7. The van der Waals surface area contributed by atoms with E-state index < -0.39 is 86.2 Å². The van der Waals surface area contributed by atoms with Gasteiger partial charge in [0, 0.05) is 29.2 Å². The summed E-state index contributed by atoms with van der Waals surface area (Å²) in [6.07, 6.45) is -6.01. The molecular weight excluding hydrogens is 687 g/mol. The number of carbonyl (C=O) groups is 3. The fraction of sp³-hybridized carbons (Fsp3) is 0.323. The van der Waals surface area contributed by atoms with Gasteiger partial charge in [-0.1, -0.05) is 35.3 Å². The van der Waals surface area contributed by atoms with Crippen molar-refractivity contribution in [2.75, 3.05) is 5.32 Å². The fourth-order valence-electron chi connectivity index (χ4n) is 4.79. The molecule has 0 bridgehead atoms. The molecule has 0 heterocycles. The first-order valence-corrected chi connectivity index (χ1v) is 14.8. The second kappa shape index (κ2) is 12.7. The minimum Gasteiger partial charge on any atom is -0.460 e. The zero-order chi connectivity index (χ0) is 33.6. The van der Waals surface area contributed by atoms with Crippen LogP contribution in [0.3, 0.4) is 0 Å². The van der Waals surface area contributed by atoms with E-state index in [2.05, 4.69) is 5.32 Å². The first kappa shape index (κ1) is 34.9. The van der Waals surface area contributed by atoms with Gasteiger partial charge in [-0.3, -0.25) is 14.4 Å². The maximum atomic E-state index is 15.2. The number of esters is 1. The molecule has 1 N–H and O–H groups in total. The highest BCUT2D eigenvalue weighted by molar-refractivity contribution is 6.53. The fourth-order valence-corrected chi connectivity index (χ4v) is 6.07. The molecule has 1 amide bonds. The smallest absolute Gasteiger partial charge is 0.417 e. The topological polar surface area (TPSA) is 72.5 Å². The number of amides is 1. The third-order valence-corrected chi connectivity index (χ3v) is 8.48. The minimum atomic E-state index is -4.75. The summed E-state index contributed by atoms with van der Waals surface area (Å²) < 4.78 is 73.1. The van der Waals surface area contributed by atoms with Gasteiger partial charge in [-0.25, -0.2) is 8.78 Å². The molecule has 0 radical (unpaired) electrons. The molecule has 0 saturated heterocycles. The molecule has 45 heavy (non-hydrogen) atoms. The number of ketones is 1. The highest BCUT2D eigenvalue weighted by Gasteiger charge is 2.67. The molecule has 1 aliphatic carbocycles. The van der Waals surface area contributed by atoms with Crippen LogP contribution in [0.2, 0.25) is 10.0 Å². The quantitative estimate of drug-likeness (QED) is 0.110. The van der Waals surface area contributed by atoms with Crippen LogP contribution in [0.15, 0.2) is 48.5 Å². The molecule has 4 rings (SSSR count). The van der Waals surface area contributed by atoms with Crippen molar-refractivity contribution in [2.24, 2.45) is 5.92 Å². The number of anilines is 1. The van der Waals surface area contributed by atoms with Gasteiger partial charge in [0.05, 0.1) is 27.9 Å². The summed E-state index contributed by atoms with van der Waals surface area (Å²) in [5.74, 6) is -6.53. The Labute approximate surface area is 274 Å². The molecule has 0 aliphatic heterocycles. The molecule has 2 atom stereocenters. The monoisotopic (exact) mass is 709 g/mol. The zero-order valence-corrected chi connectivity index (χ0v) is 26.7. The summed E-state index contributed by atoms with van der Waals surface area (Å²) in [6.45, 7) is 4.80. The molecule has 5 nitrogen and oxygen atoms in total. The van der Waals surface area contributed by atoms with Gasteiger partial charge >= 0.3 is 12.1 Å². The summed E-state index contributed by atoms with van der Waals surface area (Å²) in [4.78, 5) is 38.4. The van der Waals surface area contributed by atoms with Crippen molar-refractivity contribution in [3.8, 4) is 0 Å². The number of alkyl halides is 5. The average Bonchev–Trinajstić information content (AvgIpc) is 3.49. The van der Waals surface area contributed by atoms with E-state index >= 15 is 4.39 Å². The molecule has 3 aromatic rings. The number of carbonyl (C=O) groups excluding carboxylic acids is 3. The van der Waals surface area contributed by atoms with E-state index in [1.807, 2.05) is 0 Å². The molecule has 14 heteroatoms. The first-order chi connectivity index (χ1) is 20.7. The average molecular weight is 711 g/mol. The Bertz CT molecular complexity index is 1690. The third kappa shape index (κ3) is 7.91. The lowest BCUT2D eigenvalue weighted by Gasteiger charge is -2.20. The van der Waals surface area contributed by atoms with Gasteiger partial charge in [-0.15, -0.1) is 23.2 Å². The van der Waals surface area contributed by atoms with Crippen molar-refractivity contribution in [2.45, 2.75) is 55.6 Å². The van der Waals surface area contributed by atoms with Crippen molar-refractivity contribution in [3.05, 3.63) is 98.0 Å². The highest BCUT2D eigenvalue weighted by atomic mass is 35.5. The van der Waals surface area contributed by atoms with E-state index in [0.717, 1.165) is 24.3 Å². The Balaban J connectivity index is 1.51. The van der Waals surface area contributed by atoms with E-state index in [1.54, 1.807) is 20.8 Å². The van der Waals surface area contributed by atoms with Gasteiger partial charge in [0.25, 0.3) is 0 Å². The number of benzene rings is 3. The van der Waals surface area contributed by atoms with Crippen LogP contribution >= 0.6 is 46.4 Å². The van der Waals surface area contributed by atoms with Crippen molar-refractivity contribution < 1.29 is 41.1 Å². The third-order valence-electron chi connectivity index (χ3n) is 6.88. The van der Waals surface area contributed by atoms with E-state index in [4.69, 9.17) is 51.1 Å². The highest BCUT2D eigenvalue weighted by Crippen LogP contribution is 2.65. The molecule has 240 valence electrons. The molecule has 1 aliphatic rings. The molecular formula is C31H24Cl4F5NO4. The molecule has 0 aromatic heterocycles. The Morgan fingerprint density at radius 1 is 0.911 bits per heavy atom. The number of ether oxygens (including phenoxy) is 1. The van der Waals surface area contributed by atoms with Crippen molar-refractivity contribution in [1.82, 2.24) is 0 Å². The number of rotatable bonds is 8. The Kier molecular flexibility index (Phi) is 9.86. The number of halogens is 9. The lowest BCUT2D eigenvalue weighted by Crippen LogP contribution is -2.25. The van der Waals surface area contributed by atoms with Crippen molar-refractivity contribution in [1.29, 1.82) is 0 Å². The van der Waals surface area contributed by atoms with Crippen LogP contribution in [0, 0.1) is 17.6 Å². The summed E-state index contributed by atoms with van der Waals surface area (Å²) in [5.41, 5.74) is -2.74. The molecule has 1 saturated carbocycles. The zero-order valence-electron chi connectivity index (χ0n) is 23.7. The van der Waals surface area contributed by atoms with Crippen LogP contribution in [0.4, 0.5) is 27.6 Å². The molecule has 3 aromatic carbocycles. The number of Topliss-reactive ketones (excluding diaryl/α,β-unsaturated/α-hetero) is 1. The van der Waals surface area contributed by atoms with Crippen LogP contribution in [0.5, 0.6) is 0 Å². The van der Waals surface area contributed by atoms with Gasteiger partial charge in [0.2, 0.25) is 5.91 Å². The van der Waals surface area contributed by atoms with Gasteiger partial charge < -0.3 is 10.1 Å². The standard InChI is InChI=1S/C31H24Cl4F5NO4/c1-29(2,3)45-24(43)13-18-22(36)9-5-15(27(18)37)11-23(42)17-12-16(6-8-20(17)32)41-28(44)26-25(30(26,34)35)14-4-7-21(33)19(10-14)31(38,39)40/h4-10,12,25-26H,11,13H2,1-3H3,(H,41,44). The van der Waals surface area contributed by atoms with Crippen molar-refractivity contribution in [3.63, 3.8) is 0 Å². The van der Waals surface area contributed by atoms with Crippen LogP contribution in [0.25, 0.3) is 0 Å². The first-order valence-electron chi connectivity index (χ1n) is 13.3. The normalized spacial score (nSPS) is 17.5. The number of hydrogen-bond acceptors (Lipinski definition) is 4. The summed E-state index contributed by atoms with van der Waals surface area (Å²) >= 11 is 24.5. The Morgan fingerprint density at radius 2 is 1.56 bits per heavy atom. The number of nitrogens with one attached hydrogen (secondary N) is 1. The van der Waals surface area contributed by atoms with E-state index in [0.29, 0.717) is 0 Å². The lowest BCUT2D eigenvalue weighted by molar-refractivity contribution is -0.154. The lowest BCUT2D eigenvalue weighted by atomic mass is 9.98. The molecule has 1 fully saturated rings. The Hall–Kier alpha value is -2.92. The SMILES string of the molecule is CC(C)(C)OC(=O)Cc1c(F)ccc(CC(=O)c2cc(NC(=O)C3C(c4ccc(Cl)c(C(F)(F)F)c4)C3(Cl)Cl)ccc2Cl)c1F. The van der Waals surface area contributed by atoms with Gasteiger partial charge in [0.15, 0.2) is 5.78 Å². The van der Waals surface area contributed by atoms with Gasteiger partial charge in [-0.05, 0) is 68.3 Å². The van der Waals surface area contributed by atoms with Crippen LogP contribution in [-0.2, 0) is 33.3 Å². The minimum absolute atomic E-state index is 0.0383. The predicted octanol–water partition coefficient (Wildman–Crippen LogP) is 9.13. The largest absolute Gasteiger partial charge is 0.460 e. The van der Waals surface area contributed by atoms with Crippen LogP contribution in [-0.4, -0.2) is 27.6 Å². The maximum absolute atomic E-state index is 15.2. The van der Waals surface area contributed by atoms with E-state index in [-0.39, 0.29) is 27.4 Å². The number of hydrogen-bond donors (Lipinski definition) is 1. The molecule has 0 spiro atoms. The van der Waals surface area contributed by atoms with Gasteiger partial charge in [0.1, 0.15) is 21.6 Å². The predicted molar refractivity (Wildman–Crippen MR) is 161 cm³/mol. The van der Waals surface area contributed by atoms with Crippen LogP contribution < -0.4 is 5.32 Å². The van der Waals surface area contributed by atoms with Crippen LogP contribution in [0.1, 0.15) is 59.3 Å². The maximum Gasteiger partial charge on any atom is 0.417 e. The summed E-state index contributed by atoms with van der Waals surface area (Å²) in [6, 6.07) is 8.99. The summed E-state index contributed by atoms with van der Waals surface area (Å²) in [5, 5.41) is 1.96. The molecule has 2 unspecified atom stereocenters. The van der Waals surface area contributed by atoms with E-state index in [9.17, 15) is 31.9 Å². The van der Waals surface area contributed by atoms with Crippen molar-refractivity contribution >= 4 is 69.8 Å². The van der Waals surface area contributed by atoms with E-state index in [1.165, 1.54) is 24.3 Å².